The third kappa shape index (κ3) is 4.84. The first-order valence-electron chi connectivity index (χ1n) is 7.27. The van der Waals surface area contributed by atoms with E-state index in [0.29, 0.717) is 39.5 Å². The molecule has 0 saturated heterocycles. The number of amides is 2. The topological polar surface area (TPSA) is 68.8 Å². The quantitative estimate of drug-likeness (QED) is 0.776. The third-order valence-corrected chi connectivity index (χ3v) is 4.10. The van der Waals surface area contributed by atoms with Crippen LogP contribution in [0, 0.1) is 0 Å². The molecule has 0 aromatic heterocycles. The summed E-state index contributed by atoms with van der Waals surface area (Å²) in [5.74, 6) is 1.34. The average molecular weight is 385 g/mol. The fourth-order valence-corrected chi connectivity index (χ4v) is 2.48. The Labute approximate surface area is 156 Å². The maximum atomic E-state index is 12.1. The van der Waals surface area contributed by atoms with Crippen LogP contribution >= 0.6 is 23.2 Å². The zero-order chi connectivity index (χ0) is 18.4. The van der Waals surface area contributed by atoms with E-state index in [-0.39, 0.29) is 6.03 Å². The standard InChI is InChI=1S/C17H18Cl2N2O4/c1-23-14-7-11(8-15(24-2)16(14)25-3)21-17(22)20-9-10-4-5-12(18)13(19)6-10/h4-8H,9H2,1-3H3,(H2,20,21,22). The van der Waals surface area contributed by atoms with Gasteiger partial charge in [-0.05, 0) is 17.7 Å². The lowest BCUT2D eigenvalue weighted by Crippen LogP contribution is -2.28. The van der Waals surface area contributed by atoms with Crippen molar-refractivity contribution in [3.8, 4) is 17.2 Å². The van der Waals surface area contributed by atoms with Gasteiger partial charge in [-0.1, -0.05) is 29.3 Å². The largest absolute Gasteiger partial charge is 0.493 e. The summed E-state index contributed by atoms with van der Waals surface area (Å²) >= 11 is 11.8. The second-order valence-electron chi connectivity index (χ2n) is 4.97. The van der Waals surface area contributed by atoms with Gasteiger partial charge in [-0.3, -0.25) is 0 Å². The van der Waals surface area contributed by atoms with E-state index in [1.165, 1.54) is 21.3 Å². The molecule has 0 bridgehead atoms. The minimum Gasteiger partial charge on any atom is -0.493 e. The van der Waals surface area contributed by atoms with Crippen molar-refractivity contribution < 1.29 is 19.0 Å². The number of hydrogen-bond donors (Lipinski definition) is 2. The van der Waals surface area contributed by atoms with Crippen LogP contribution in [-0.2, 0) is 6.54 Å². The van der Waals surface area contributed by atoms with E-state index in [4.69, 9.17) is 37.4 Å². The van der Waals surface area contributed by atoms with E-state index in [0.717, 1.165) is 5.56 Å². The Hall–Kier alpha value is -2.31. The van der Waals surface area contributed by atoms with Gasteiger partial charge in [0.1, 0.15) is 0 Å². The highest BCUT2D eigenvalue weighted by Gasteiger charge is 2.14. The first-order chi connectivity index (χ1) is 12.0. The van der Waals surface area contributed by atoms with E-state index in [1.54, 1.807) is 30.3 Å². The summed E-state index contributed by atoms with van der Waals surface area (Å²) in [7, 11) is 4.52. The predicted octanol–water partition coefficient (Wildman–Crippen LogP) is 4.34. The van der Waals surface area contributed by atoms with Crippen molar-refractivity contribution in [2.75, 3.05) is 26.6 Å². The molecule has 2 rings (SSSR count). The van der Waals surface area contributed by atoms with Crippen LogP contribution in [0.1, 0.15) is 5.56 Å². The summed E-state index contributed by atoms with van der Waals surface area (Å²) in [5.41, 5.74) is 1.33. The van der Waals surface area contributed by atoms with Gasteiger partial charge in [0.25, 0.3) is 0 Å². The van der Waals surface area contributed by atoms with Crippen molar-refractivity contribution in [2.45, 2.75) is 6.54 Å². The molecule has 0 aliphatic heterocycles. The molecule has 0 atom stereocenters. The number of nitrogens with one attached hydrogen (secondary N) is 2. The number of carbonyl (C=O) groups is 1. The molecule has 134 valence electrons. The summed E-state index contributed by atoms with van der Waals surface area (Å²) in [6.07, 6.45) is 0. The highest BCUT2D eigenvalue weighted by atomic mass is 35.5. The van der Waals surface area contributed by atoms with Gasteiger partial charge in [0.05, 0.1) is 37.1 Å². The molecule has 2 aromatic rings. The van der Waals surface area contributed by atoms with Crippen molar-refractivity contribution in [3.05, 3.63) is 45.9 Å². The lowest BCUT2D eigenvalue weighted by Gasteiger charge is -2.15. The Kier molecular flexibility index (Phi) is 6.61. The molecular weight excluding hydrogens is 367 g/mol. The van der Waals surface area contributed by atoms with Crippen molar-refractivity contribution in [3.63, 3.8) is 0 Å². The Morgan fingerprint density at radius 3 is 2.12 bits per heavy atom. The molecule has 8 heteroatoms. The molecule has 0 aliphatic carbocycles. The van der Waals surface area contributed by atoms with Crippen LogP contribution < -0.4 is 24.8 Å². The van der Waals surface area contributed by atoms with Crippen LogP contribution in [0.2, 0.25) is 10.0 Å². The van der Waals surface area contributed by atoms with Crippen LogP contribution in [0.4, 0.5) is 10.5 Å². The van der Waals surface area contributed by atoms with Gasteiger partial charge >= 0.3 is 6.03 Å². The van der Waals surface area contributed by atoms with E-state index in [2.05, 4.69) is 10.6 Å². The maximum Gasteiger partial charge on any atom is 0.319 e. The lowest BCUT2D eigenvalue weighted by molar-refractivity contribution is 0.251. The summed E-state index contributed by atoms with van der Waals surface area (Å²) < 4.78 is 15.7. The van der Waals surface area contributed by atoms with Crippen LogP contribution in [0.3, 0.4) is 0 Å². The predicted molar refractivity (Wildman–Crippen MR) is 98.4 cm³/mol. The lowest BCUT2D eigenvalue weighted by atomic mass is 10.2. The fourth-order valence-electron chi connectivity index (χ4n) is 2.16. The van der Waals surface area contributed by atoms with E-state index >= 15 is 0 Å². The molecule has 2 aromatic carbocycles. The average Bonchev–Trinajstić information content (AvgIpc) is 2.61. The molecule has 0 radical (unpaired) electrons. The van der Waals surface area contributed by atoms with Gasteiger partial charge in [0.15, 0.2) is 11.5 Å². The SMILES string of the molecule is COc1cc(NC(=O)NCc2ccc(Cl)c(Cl)c2)cc(OC)c1OC. The third-order valence-electron chi connectivity index (χ3n) is 3.36. The molecule has 6 nitrogen and oxygen atoms in total. The molecule has 0 saturated carbocycles. The molecular formula is C17H18Cl2N2O4. The summed E-state index contributed by atoms with van der Waals surface area (Å²) in [4.78, 5) is 12.1. The number of ether oxygens (including phenoxy) is 3. The fraction of sp³-hybridized carbons (Fsp3) is 0.235. The summed E-state index contributed by atoms with van der Waals surface area (Å²) in [6, 6.07) is 8.05. The number of methoxy groups -OCH3 is 3. The molecule has 2 amide bonds. The minimum atomic E-state index is -0.389. The van der Waals surface area contributed by atoms with Crippen LogP contribution in [0.5, 0.6) is 17.2 Å². The summed E-state index contributed by atoms with van der Waals surface area (Å²) in [6.45, 7) is 0.299. The highest BCUT2D eigenvalue weighted by molar-refractivity contribution is 6.42. The van der Waals surface area contributed by atoms with E-state index in [1.807, 2.05) is 0 Å². The Balaban J connectivity index is 2.05. The number of urea groups is 1. The highest BCUT2D eigenvalue weighted by Crippen LogP contribution is 2.39. The smallest absolute Gasteiger partial charge is 0.319 e. The molecule has 0 aliphatic rings. The number of anilines is 1. The number of hydrogen-bond acceptors (Lipinski definition) is 4. The Morgan fingerprint density at radius 2 is 1.60 bits per heavy atom. The van der Waals surface area contributed by atoms with Crippen LogP contribution in [0.15, 0.2) is 30.3 Å². The van der Waals surface area contributed by atoms with Crippen molar-refractivity contribution in [1.82, 2.24) is 5.32 Å². The molecule has 25 heavy (non-hydrogen) atoms. The second-order valence-corrected chi connectivity index (χ2v) is 5.78. The minimum absolute atomic E-state index is 0.299. The number of halogens is 2. The zero-order valence-electron chi connectivity index (χ0n) is 14.0. The van der Waals surface area contributed by atoms with Gasteiger partial charge in [-0.2, -0.15) is 0 Å². The first kappa shape index (κ1) is 19.0. The second kappa shape index (κ2) is 8.69. The van der Waals surface area contributed by atoms with Gasteiger partial charge in [-0.15, -0.1) is 0 Å². The molecule has 2 N–H and O–H groups in total. The van der Waals surface area contributed by atoms with Crippen molar-refractivity contribution in [2.24, 2.45) is 0 Å². The monoisotopic (exact) mass is 384 g/mol. The molecule has 0 unspecified atom stereocenters. The molecule has 0 spiro atoms. The molecule has 0 fully saturated rings. The number of carbonyl (C=O) groups excluding carboxylic acids is 1. The zero-order valence-corrected chi connectivity index (χ0v) is 15.5. The normalized spacial score (nSPS) is 10.1. The van der Waals surface area contributed by atoms with Crippen LogP contribution in [-0.4, -0.2) is 27.4 Å². The van der Waals surface area contributed by atoms with Crippen molar-refractivity contribution >= 4 is 34.9 Å². The Morgan fingerprint density at radius 1 is 0.960 bits per heavy atom. The molecule has 0 heterocycles. The first-order valence-corrected chi connectivity index (χ1v) is 8.02. The number of benzene rings is 2. The van der Waals surface area contributed by atoms with Gasteiger partial charge in [0.2, 0.25) is 5.75 Å². The summed E-state index contributed by atoms with van der Waals surface area (Å²) in [5, 5.41) is 6.35. The van der Waals surface area contributed by atoms with Gasteiger partial charge in [0, 0.05) is 18.7 Å². The van der Waals surface area contributed by atoms with E-state index in [9.17, 15) is 4.79 Å². The van der Waals surface area contributed by atoms with Crippen LogP contribution in [0.25, 0.3) is 0 Å². The Bertz CT molecular complexity index is 743. The van der Waals surface area contributed by atoms with Gasteiger partial charge < -0.3 is 24.8 Å². The van der Waals surface area contributed by atoms with Gasteiger partial charge in [-0.25, -0.2) is 4.79 Å². The van der Waals surface area contributed by atoms with E-state index < -0.39 is 0 Å². The van der Waals surface area contributed by atoms with Crippen molar-refractivity contribution in [1.29, 1.82) is 0 Å². The number of rotatable bonds is 6. The maximum absolute atomic E-state index is 12.1.